The van der Waals surface area contributed by atoms with Crippen molar-refractivity contribution in [3.63, 3.8) is 0 Å². The summed E-state index contributed by atoms with van der Waals surface area (Å²) in [6.45, 7) is 13.6. The van der Waals surface area contributed by atoms with Crippen molar-refractivity contribution in [1.29, 1.82) is 0 Å². The van der Waals surface area contributed by atoms with Crippen molar-refractivity contribution in [3.05, 3.63) is 0 Å². The minimum absolute atomic E-state index is 0.0375. The van der Waals surface area contributed by atoms with Crippen molar-refractivity contribution in [1.82, 2.24) is 0 Å². The van der Waals surface area contributed by atoms with Gasteiger partial charge >= 0.3 is 29.8 Å². The van der Waals surface area contributed by atoms with E-state index in [1.165, 1.54) is 168 Å². The lowest BCUT2D eigenvalue weighted by Crippen LogP contribution is -2.63. The molecule has 17 nitrogen and oxygen atoms in total. The van der Waals surface area contributed by atoms with E-state index in [1.54, 1.807) is 0 Å². The molecule has 0 amide bonds. The van der Waals surface area contributed by atoms with E-state index in [4.69, 9.17) is 56.8 Å². The highest BCUT2D eigenvalue weighted by molar-refractivity contribution is 5.69. The molecule has 1 fully saturated rings. The highest BCUT2D eigenvalue weighted by Gasteiger charge is 2.52. The van der Waals surface area contributed by atoms with E-state index in [2.05, 4.69) is 13.8 Å². The van der Waals surface area contributed by atoms with Gasteiger partial charge in [-0.1, -0.05) is 181 Å². The molecule has 1 aliphatic heterocycles. The predicted octanol–water partition coefficient (Wildman–Crippen LogP) is 11.7. The summed E-state index contributed by atoms with van der Waals surface area (Å²) in [6, 6.07) is 0. The number of hydrogen-bond acceptors (Lipinski definition) is 17. The first-order chi connectivity index (χ1) is 36.8. The van der Waals surface area contributed by atoms with Gasteiger partial charge in [-0.25, -0.2) is 0 Å². The lowest BCUT2D eigenvalue weighted by atomic mass is 9.92. The molecule has 0 unspecified atom stereocenters. The van der Waals surface area contributed by atoms with Crippen molar-refractivity contribution in [2.24, 2.45) is 5.41 Å². The molecule has 0 aromatic rings. The number of hydrogen-bond donors (Lipinski definition) is 0. The summed E-state index contributed by atoms with van der Waals surface area (Å²) in [5, 5.41) is 0. The Hall–Kier alpha value is -2.93. The summed E-state index contributed by atoms with van der Waals surface area (Å²) in [6.07, 6.45) is 29.8. The molecule has 76 heavy (non-hydrogen) atoms. The third-order valence-electron chi connectivity index (χ3n) is 13.3. The second kappa shape index (κ2) is 49.1. The molecule has 17 heteroatoms. The van der Waals surface area contributed by atoms with Gasteiger partial charge in [-0.3, -0.25) is 24.0 Å². The van der Waals surface area contributed by atoms with Crippen molar-refractivity contribution in [2.75, 3.05) is 85.9 Å². The summed E-state index contributed by atoms with van der Waals surface area (Å²) in [7, 11) is 0. The van der Waals surface area contributed by atoms with E-state index in [1.807, 2.05) is 0 Å². The molecule has 0 N–H and O–H groups in total. The van der Waals surface area contributed by atoms with Crippen LogP contribution in [-0.2, 0) is 80.8 Å². The molecular weight excluding hydrogens is 981 g/mol. The Morgan fingerprint density at radius 3 is 1.05 bits per heavy atom. The van der Waals surface area contributed by atoms with Crippen molar-refractivity contribution in [2.45, 2.75) is 259 Å². The highest BCUT2D eigenvalue weighted by Crippen LogP contribution is 2.30. The fourth-order valence-electron chi connectivity index (χ4n) is 9.15. The fourth-order valence-corrected chi connectivity index (χ4v) is 9.15. The second-order valence-electron chi connectivity index (χ2n) is 20.8. The molecular formula is C59H108O17. The summed E-state index contributed by atoms with van der Waals surface area (Å²) in [5.74, 6) is -3.16. The molecule has 1 rings (SSSR count). The van der Waals surface area contributed by atoms with Gasteiger partial charge in [0.15, 0.2) is 24.6 Å². The molecule has 0 aromatic carbocycles. The van der Waals surface area contributed by atoms with Crippen LogP contribution in [0.25, 0.3) is 0 Å². The van der Waals surface area contributed by atoms with Gasteiger partial charge in [0.05, 0.1) is 64.9 Å². The fraction of sp³-hybridized carbons (Fsp3) is 0.915. The number of esters is 5. The third-order valence-corrected chi connectivity index (χ3v) is 13.3. The van der Waals surface area contributed by atoms with Crippen molar-refractivity contribution < 1.29 is 80.8 Å². The first kappa shape index (κ1) is 71.1. The maximum Gasteiger partial charge on any atom is 0.303 e. The van der Waals surface area contributed by atoms with Crippen LogP contribution in [0.1, 0.15) is 228 Å². The van der Waals surface area contributed by atoms with E-state index in [9.17, 15) is 24.0 Å². The second-order valence-corrected chi connectivity index (χ2v) is 20.8. The summed E-state index contributed by atoms with van der Waals surface area (Å²) in [4.78, 5) is 60.0. The van der Waals surface area contributed by atoms with E-state index in [-0.39, 0.29) is 65.4 Å². The minimum atomic E-state index is -1.33. The van der Waals surface area contributed by atoms with Crippen LogP contribution in [0.15, 0.2) is 0 Å². The van der Waals surface area contributed by atoms with E-state index >= 15 is 0 Å². The topological polar surface area (TPSA) is 196 Å². The molecule has 446 valence electrons. The lowest BCUT2D eigenvalue weighted by Gasteiger charge is -2.44. The van der Waals surface area contributed by atoms with Crippen LogP contribution in [-0.4, -0.2) is 146 Å². The SMILES string of the molecule is CCCCCCCCCCCCCCCCOCC(COCCCCCCCCCCCCCCCC)(COCCOCCOCCO[C@H]1O[C@H](COC(C)=O)[C@@H](OC(C)=O)[C@H](OC(C)=O)[C@@H]1OC(C)=O)COC(C)=O. The average molecular weight is 1090 g/mol. The van der Waals surface area contributed by atoms with Crippen LogP contribution in [0.2, 0.25) is 0 Å². The van der Waals surface area contributed by atoms with Gasteiger partial charge < -0.3 is 56.8 Å². The smallest absolute Gasteiger partial charge is 0.303 e. The first-order valence-corrected chi connectivity index (χ1v) is 29.8. The molecule has 1 saturated heterocycles. The average Bonchev–Trinajstić information content (AvgIpc) is 3.37. The monoisotopic (exact) mass is 1090 g/mol. The quantitative estimate of drug-likeness (QED) is 0.0316. The number of carbonyl (C=O) groups excluding carboxylic acids is 5. The van der Waals surface area contributed by atoms with Gasteiger partial charge in [-0.05, 0) is 12.8 Å². The van der Waals surface area contributed by atoms with Crippen LogP contribution in [0, 0.1) is 5.41 Å². The van der Waals surface area contributed by atoms with Crippen LogP contribution in [0.4, 0.5) is 0 Å². The Balaban J connectivity index is 2.64. The highest BCUT2D eigenvalue weighted by atomic mass is 16.7. The van der Waals surface area contributed by atoms with Crippen LogP contribution < -0.4 is 0 Å². The van der Waals surface area contributed by atoms with Gasteiger partial charge in [-0.15, -0.1) is 0 Å². The molecule has 0 aliphatic carbocycles. The zero-order valence-corrected chi connectivity index (χ0v) is 48.8. The zero-order chi connectivity index (χ0) is 55.8. The third kappa shape index (κ3) is 40.3. The number of rotatable bonds is 53. The van der Waals surface area contributed by atoms with E-state index in [0.29, 0.717) is 26.4 Å². The number of unbranched alkanes of at least 4 members (excludes halogenated alkanes) is 26. The van der Waals surface area contributed by atoms with Crippen LogP contribution >= 0.6 is 0 Å². The molecule has 1 heterocycles. The first-order valence-electron chi connectivity index (χ1n) is 29.8. The molecule has 5 atom stereocenters. The Morgan fingerprint density at radius 1 is 0.342 bits per heavy atom. The van der Waals surface area contributed by atoms with Crippen molar-refractivity contribution >= 4 is 29.8 Å². The van der Waals surface area contributed by atoms with Gasteiger partial charge in [0, 0.05) is 47.8 Å². The number of ether oxygens (including phenoxy) is 12. The zero-order valence-electron chi connectivity index (χ0n) is 48.8. The maximum atomic E-state index is 12.1. The summed E-state index contributed by atoms with van der Waals surface area (Å²) in [5.41, 5.74) is -0.683. The largest absolute Gasteiger partial charge is 0.465 e. The van der Waals surface area contributed by atoms with Gasteiger partial charge in [0.2, 0.25) is 0 Å². The van der Waals surface area contributed by atoms with Gasteiger partial charge in [0.25, 0.3) is 0 Å². The Labute approximate surface area is 459 Å². The normalized spacial score (nSPS) is 17.6. The van der Waals surface area contributed by atoms with E-state index in [0.717, 1.165) is 46.5 Å². The minimum Gasteiger partial charge on any atom is -0.465 e. The molecule has 1 aliphatic rings. The molecule has 0 saturated carbocycles. The molecule has 0 bridgehead atoms. The van der Waals surface area contributed by atoms with Crippen LogP contribution in [0.5, 0.6) is 0 Å². The lowest BCUT2D eigenvalue weighted by molar-refractivity contribution is -0.309. The Morgan fingerprint density at radius 2 is 0.671 bits per heavy atom. The predicted molar refractivity (Wildman–Crippen MR) is 292 cm³/mol. The van der Waals surface area contributed by atoms with E-state index < -0.39 is 60.0 Å². The Kier molecular flexibility index (Phi) is 46.0. The Bertz CT molecular complexity index is 1390. The molecule has 0 radical (unpaired) electrons. The van der Waals surface area contributed by atoms with Gasteiger partial charge in [-0.2, -0.15) is 0 Å². The standard InChI is InChI=1S/C59H108O17/c1-8-10-12-14-16-18-20-22-24-26-28-30-32-34-36-67-45-59(48-72-50(4)61,46-68-37-35-33-31-29-27-25-23-21-19-17-15-13-11-9-2)47-69-41-40-65-38-39-66-42-43-70-58-57(75-53(7)64)56(74-52(6)63)55(73-51(5)62)54(76-58)44-71-49(3)60/h54-58H,8-48H2,1-7H3/t54-,55-,56+,57+,58+/m1/s1. The number of carbonyl (C=O) groups is 5. The summed E-state index contributed by atoms with van der Waals surface area (Å²) < 4.78 is 69.1. The maximum absolute atomic E-state index is 12.1. The molecule has 0 aromatic heterocycles. The van der Waals surface area contributed by atoms with Gasteiger partial charge in [0.1, 0.15) is 19.3 Å². The summed E-state index contributed by atoms with van der Waals surface area (Å²) >= 11 is 0. The van der Waals surface area contributed by atoms with Crippen molar-refractivity contribution in [3.8, 4) is 0 Å². The molecule has 0 spiro atoms. The van der Waals surface area contributed by atoms with Crippen LogP contribution in [0.3, 0.4) is 0 Å².